The summed E-state index contributed by atoms with van der Waals surface area (Å²) in [6.07, 6.45) is 1.83. The zero-order valence-corrected chi connectivity index (χ0v) is 19.0. The number of carbonyl (C=O) groups is 2. The Balaban J connectivity index is 1.74. The average molecular weight is 423 g/mol. The number of benzene rings is 2. The molecule has 0 radical (unpaired) electrons. The van der Waals surface area contributed by atoms with Crippen LogP contribution in [0.3, 0.4) is 0 Å². The lowest BCUT2D eigenvalue weighted by Gasteiger charge is -2.31. The van der Waals surface area contributed by atoms with Crippen molar-refractivity contribution in [3.63, 3.8) is 0 Å². The highest BCUT2D eigenvalue weighted by Gasteiger charge is 2.28. The summed E-state index contributed by atoms with van der Waals surface area (Å²) < 4.78 is 0. The Bertz CT molecular complexity index is 893. The van der Waals surface area contributed by atoms with E-state index < -0.39 is 11.8 Å². The highest BCUT2D eigenvalue weighted by molar-refractivity contribution is 6.35. The highest BCUT2D eigenvalue weighted by Crippen LogP contribution is 2.35. The van der Waals surface area contributed by atoms with Crippen molar-refractivity contribution >= 4 is 23.2 Å². The van der Waals surface area contributed by atoms with Crippen molar-refractivity contribution < 1.29 is 9.59 Å². The third kappa shape index (κ3) is 5.78. The maximum Gasteiger partial charge on any atom is 0.309 e. The number of nitrogens with zero attached hydrogens (tertiary/aromatic N) is 2. The molecule has 2 amide bonds. The number of para-hydroxylation sites is 1. The lowest BCUT2D eigenvalue weighted by molar-refractivity contribution is -0.139. The van der Waals surface area contributed by atoms with Gasteiger partial charge in [0.15, 0.2) is 0 Å². The second-order valence-electron chi connectivity index (χ2n) is 8.72. The first-order chi connectivity index (χ1) is 14.9. The van der Waals surface area contributed by atoms with Crippen LogP contribution in [0.5, 0.6) is 0 Å². The Morgan fingerprint density at radius 2 is 1.68 bits per heavy atom. The van der Waals surface area contributed by atoms with E-state index in [1.165, 1.54) is 11.3 Å². The molecule has 2 aromatic rings. The number of hydrogen-bond donors (Lipinski definition) is 2. The molecule has 0 aromatic heterocycles. The van der Waals surface area contributed by atoms with Crippen molar-refractivity contribution in [2.45, 2.75) is 32.7 Å². The molecule has 0 aliphatic carbocycles. The van der Waals surface area contributed by atoms with Crippen molar-refractivity contribution in [3.8, 4) is 0 Å². The highest BCUT2D eigenvalue weighted by atomic mass is 16.2. The van der Waals surface area contributed by atoms with Gasteiger partial charge in [0.05, 0.1) is 6.04 Å². The number of fused-ring (bicyclic) bond motifs is 1. The van der Waals surface area contributed by atoms with Gasteiger partial charge in [-0.1, -0.05) is 44.2 Å². The predicted octanol–water partition coefficient (Wildman–Crippen LogP) is 3.13. The van der Waals surface area contributed by atoms with E-state index in [1.54, 1.807) is 0 Å². The molecule has 1 heterocycles. The van der Waals surface area contributed by atoms with E-state index in [-0.39, 0.29) is 6.04 Å². The van der Waals surface area contributed by atoms with Gasteiger partial charge in [-0.15, -0.1) is 0 Å². The minimum atomic E-state index is -0.578. The summed E-state index contributed by atoms with van der Waals surface area (Å²) in [4.78, 5) is 29.0. The van der Waals surface area contributed by atoms with Crippen LogP contribution in [-0.2, 0) is 16.0 Å². The normalized spacial score (nSPS) is 13.6. The Labute approximate surface area is 185 Å². The minimum absolute atomic E-state index is 0.0488. The van der Waals surface area contributed by atoms with E-state index in [2.05, 4.69) is 76.7 Å². The van der Waals surface area contributed by atoms with Crippen LogP contribution in [0.1, 0.15) is 37.4 Å². The molecule has 6 heteroatoms. The molecule has 0 bridgehead atoms. The number of hydrogen-bond acceptors (Lipinski definition) is 4. The summed E-state index contributed by atoms with van der Waals surface area (Å²) in [6, 6.07) is 16.7. The topological polar surface area (TPSA) is 64.7 Å². The first-order valence-electron chi connectivity index (χ1n) is 11.0. The van der Waals surface area contributed by atoms with Crippen LogP contribution in [0, 0.1) is 5.92 Å². The molecule has 1 atom stereocenters. The molecule has 3 rings (SSSR count). The van der Waals surface area contributed by atoms with E-state index >= 15 is 0 Å². The van der Waals surface area contributed by atoms with E-state index in [4.69, 9.17) is 0 Å². The van der Waals surface area contributed by atoms with Crippen LogP contribution in [-0.4, -0.2) is 45.5 Å². The summed E-state index contributed by atoms with van der Waals surface area (Å²) in [5.74, 6) is -0.663. The zero-order chi connectivity index (χ0) is 22.4. The van der Waals surface area contributed by atoms with Gasteiger partial charge in [-0.3, -0.25) is 9.59 Å². The minimum Gasteiger partial charge on any atom is -0.378 e. The van der Waals surface area contributed by atoms with Crippen molar-refractivity contribution in [1.29, 1.82) is 0 Å². The maximum atomic E-state index is 12.4. The van der Waals surface area contributed by atoms with E-state index in [0.717, 1.165) is 30.6 Å². The maximum absolute atomic E-state index is 12.4. The quantitative estimate of drug-likeness (QED) is 0.642. The first-order valence-corrected chi connectivity index (χ1v) is 11.0. The molecule has 6 nitrogen and oxygen atoms in total. The second-order valence-corrected chi connectivity index (χ2v) is 8.72. The molecule has 31 heavy (non-hydrogen) atoms. The lowest BCUT2D eigenvalue weighted by Crippen LogP contribution is -2.44. The van der Waals surface area contributed by atoms with Gasteiger partial charge in [-0.25, -0.2) is 0 Å². The second kappa shape index (κ2) is 10.3. The summed E-state index contributed by atoms with van der Waals surface area (Å²) in [5.41, 5.74) is 4.75. The van der Waals surface area contributed by atoms with Gasteiger partial charge in [0.2, 0.25) is 0 Å². The summed E-state index contributed by atoms with van der Waals surface area (Å²) >= 11 is 0. The van der Waals surface area contributed by atoms with Crippen LogP contribution >= 0.6 is 0 Å². The number of anilines is 2. The van der Waals surface area contributed by atoms with Crippen molar-refractivity contribution in [3.05, 3.63) is 59.7 Å². The monoisotopic (exact) mass is 422 g/mol. The largest absolute Gasteiger partial charge is 0.378 e. The molecule has 2 aromatic carbocycles. The van der Waals surface area contributed by atoms with E-state index in [9.17, 15) is 9.59 Å². The van der Waals surface area contributed by atoms with Crippen molar-refractivity contribution in [1.82, 2.24) is 10.6 Å². The zero-order valence-electron chi connectivity index (χ0n) is 19.0. The summed E-state index contributed by atoms with van der Waals surface area (Å²) in [6.45, 7) is 5.94. The molecule has 0 unspecified atom stereocenters. The van der Waals surface area contributed by atoms with Gasteiger partial charge in [0, 0.05) is 45.1 Å². The van der Waals surface area contributed by atoms with Crippen LogP contribution in [0.15, 0.2) is 48.5 Å². The number of nitrogens with one attached hydrogen (secondary N) is 2. The number of amides is 2. The molecule has 0 saturated carbocycles. The molecular weight excluding hydrogens is 388 g/mol. The number of carbonyl (C=O) groups excluding carboxylic acids is 2. The van der Waals surface area contributed by atoms with Gasteiger partial charge in [0.1, 0.15) is 0 Å². The van der Waals surface area contributed by atoms with Crippen LogP contribution < -0.4 is 20.4 Å². The van der Waals surface area contributed by atoms with Gasteiger partial charge < -0.3 is 20.4 Å². The summed E-state index contributed by atoms with van der Waals surface area (Å²) in [7, 11) is 4.03. The standard InChI is InChI=1S/C25H34N4O2/c1-18(2)13-15-26-24(30)25(31)27-17-23(20-9-11-21(12-10-20)28(3)4)29-16-14-19-7-5-6-8-22(19)29/h5-12,18,23H,13-17H2,1-4H3,(H,26,30)(H,27,31)/t23-/m0/s1. The SMILES string of the molecule is CC(C)CCNC(=O)C(=O)NC[C@@H](c1ccc(N(C)C)cc1)N1CCc2ccccc21. The number of rotatable bonds is 8. The molecule has 166 valence electrons. The van der Waals surface area contributed by atoms with Crippen molar-refractivity contribution in [2.24, 2.45) is 5.92 Å². The van der Waals surface area contributed by atoms with Crippen LogP contribution in [0.25, 0.3) is 0 Å². The Kier molecular flexibility index (Phi) is 7.55. The molecule has 0 spiro atoms. The molecule has 2 N–H and O–H groups in total. The van der Waals surface area contributed by atoms with Gasteiger partial charge >= 0.3 is 11.8 Å². The Morgan fingerprint density at radius 3 is 2.35 bits per heavy atom. The molecule has 0 fully saturated rings. The Hall–Kier alpha value is -3.02. The first kappa shape index (κ1) is 22.7. The molecule has 1 aliphatic heterocycles. The third-order valence-corrected chi connectivity index (χ3v) is 5.76. The fraction of sp³-hybridized carbons (Fsp3) is 0.440. The third-order valence-electron chi connectivity index (χ3n) is 5.76. The van der Waals surface area contributed by atoms with Gasteiger partial charge in [-0.2, -0.15) is 0 Å². The molecule has 1 aliphatic rings. The fourth-order valence-corrected chi connectivity index (χ4v) is 3.91. The smallest absolute Gasteiger partial charge is 0.309 e. The van der Waals surface area contributed by atoms with Crippen molar-refractivity contribution in [2.75, 3.05) is 43.5 Å². The van der Waals surface area contributed by atoms with Gasteiger partial charge in [0.25, 0.3) is 0 Å². The van der Waals surface area contributed by atoms with E-state index in [1.807, 2.05) is 20.2 Å². The van der Waals surface area contributed by atoms with Crippen LogP contribution in [0.2, 0.25) is 0 Å². The average Bonchev–Trinajstić information content (AvgIpc) is 3.18. The summed E-state index contributed by atoms with van der Waals surface area (Å²) in [5, 5.41) is 5.57. The lowest BCUT2D eigenvalue weighted by atomic mass is 10.0. The molecule has 0 saturated heterocycles. The predicted molar refractivity (Wildman–Crippen MR) is 126 cm³/mol. The Morgan fingerprint density at radius 1 is 1.00 bits per heavy atom. The fourth-order valence-electron chi connectivity index (χ4n) is 3.91. The van der Waals surface area contributed by atoms with Gasteiger partial charge in [-0.05, 0) is 48.1 Å². The molecular formula is C25H34N4O2. The van der Waals surface area contributed by atoms with E-state index in [0.29, 0.717) is 19.0 Å². The van der Waals surface area contributed by atoms with Crippen LogP contribution in [0.4, 0.5) is 11.4 Å².